The fraction of sp³-hybridized carbons (Fsp3) is 0.143. The number of nitrogen functional groups attached to an aromatic ring is 1. The van der Waals surface area contributed by atoms with Crippen LogP contribution >= 0.6 is 23.2 Å². The molecule has 0 unspecified atom stereocenters. The summed E-state index contributed by atoms with van der Waals surface area (Å²) in [5.41, 5.74) is 8.38. The van der Waals surface area contributed by atoms with Crippen molar-refractivity contribution in [3.05, 3.63) is 63.6 Å². The van der Waals surface area contributed by atoms with Gasteiger partial charge in [0.25, 0.3) is 0 Å². The summed E-state index contributed by atoms with van der Waals surface area (Å²) < 4.78 is 5.60. The number of benzene rings is 2. The monoisotopic (exact) mass is 281 g/mol. The summed E-state index contributed by atoms with van der Waals surface area (Å²) >= 11 is 11.9. The standard InChI is InChI=1S/C14H13Cl2NO/c15-11-6-4-10(5-7-11)8-18-9-12-13(16)2-1-3-14(12)17/h1-7H,8-9,17H2. The second-order valence-electron chi connectivity index (χ2n) is 3.93. The van der Waals surface area contributed by atoms with Crippen molar-refractivity contribution in [2.45, 2.75) is 13.2 Å². The van der Waals surface area contributed by atoms with Gasteiger partial charge < -0.3 is 10.5 Å². The molecule has 0 saturated heterocycles. The Morgan fingerprint density at radius 1 is 0.944 bits per heavy atom. The van der Waals surface area contributed by atoms with E-state index in [0.29, 0.717) is 28.9 Å². The first-order chi connectivity index (χ1) is 8.66. The Morgan fingerprint density at radius 3 is 2.33 bits per heavy atom. The van der Waals surface area contributed by atoms with Crippen LogP contribution in [-0.4, -0.2) is 0 Å². The zero-order valence-electron chi connectivity index (χ0n) is 9.70. The second kappa shape index (κ2) is 6.10. The number of hydrogen-bond acceptors (Lipinski definition) is 2. The molecule has 0 atom stereocenters. The molecule has 0 aliphatic rings. The summed E-state index contributed by atoms with van der Waals surface area (Å²) in [5.74, 6) is 0. The summed E-state index contributed by atoms with van der Waals surface area (Å²) in [4.78, 5) is 0. The van der Waals surface area contributed by atoms with Crippen molar-refractivity contribution in [2.24, 2.45) is 0 Å². The molecule has 0 heterocycles. The van der Waals surface area contributed by atoms with E-state index >= 15 is 0 Å². The average Bonchev–Trinajstić information content (AvgIpc) is 2.35. The lowest BCUT2D eigenvalue weighted by atomic mass is 10.2. The van der Waals surface area contributed by atoms with Crippen molar-refractivity contribution in [1.29, 1.82) is 0 Å². The molecule has 0 radical (unpaired) electrons. The molecule has 0 bridgehead atoms. The normalized spacial score (nSPS) is 10.6. The van der Waals surface area contributed by atoms with Crippen molar-refractivity contribution in [2.75, 3.05) is 5.73 Å². The lowest BCUT2D eigenvalue weighted by Crippen LogP contribution is -1.99. The molecule has 94 valence electrons. The van der Waals surface area contributed by atoms with Gasteiger partial charge in [-0.1, -0.05) is 41.4 Å². The Kier molecular flexibility index (Phi) is 4.48. The Balaban J connectivity index is 1.94. The first-order valence-electron chi connectivity index (χ1n) is 5.52. The minimum Gasteiger partial charge on any atom is -0.398 e. The molecule has 18 heavy (non-hydrogen) atoms. The first kappa shape index (κ1) is 13.2. The zero-order valence-corrected chi connectivity index (χ0v) is 11.2. The number of rotatable bonds is 4. The zero-order chi connectivity index (χ0) is 13.0. The SMILES string of the molecule is Nc1cccc(Cl)c1COCc1ccc(Cl)cc1. The van der Waals surface area contributed by atoms with E-state index in [4.69, 9.17) is 33.7 Å². The third-order valence-corrected chi connectivity index (χ3v) is 3.19. The summed E-state index contributed by atoms with van der Waals surface area (Å²) in [5, 5.41) is 1.35. The molecule has 0 spiro atoms. The maximum Gasteiger partial charge on any atom is 0.0756 e. The first-order valence-corrected chi connectivity index (χ1v) is 6.27. The van der Waals surface area contributed by atoms with Gasteiger partial charge in [-0.15, -0.1) is 0 Å². The van der Waals surface area contributed by atoms with Crippen LogP contribution in [0.5, 0.6) is 0 Å². The lowest BCUT2D eigenvalue weighted by Gasteiger charge is -2.09. The maximum absolute atomic E-state index is 6.05. The highest BCUT2D eigenvalue weighted by atomic mass is 35.5. The van der Waals surface area contributed by atoms with Crippen molar-refractivity contribution >= 4 is 28.9 Å². The molecular formula is C14H13Cl2NO. The Morgan fingerprint density at radius 2 is 1.67 bits per heavy atom. The number of ether oxygens (including phenoxy) is 1. The fourth-order valence-electron chi connectivity index (χ4n) is 1.58. The highest BCUT2D eigenvalue weighted by Gasteiger charge is 2.04. The molecule has 2 aromatic carbocycles. The van der Waals surface area contributed by atoms with Crippen LogP contribution in [0.1, 0.15) is 11.1 Å². The van der Waals surface area contributed by atoms with E-state index in [-0.39, 0.29) is 0 Å². The van der Waals surface area contributed by atoms with Crippen LogP contribution in [-0.2, 0) is 18.0 Å². The molecule has 0 aliphatic heterocycles. The van der Waals surface area contributed by atoms with Crippen LogP contribution in [0.3, 0.4) is 0 Å². The van der Waals surface area contributed by atoms with E-state index in [2.05, 4.69) is 0 Å². The molecule has 2 aromatic rings. The Bertz CT molecular complexity index is 506. The minimum absolute atomic E-state index is 0.397. The quantitative estimate of drug-likeness (QED) is 0.849. The third kappa shape index (κ3) is 3.39. The van der Waals surface area contributed by atoms with Gasteiger partial charge in [0.05, 0.1) is 13.2 Å². The second-order valence-corrected chi connectivity index (χ2v) is 4.77. The third-order valence-electron chi connectivity index (χ3n) is 2.58. The molecule has 4 heteroatoms. The fourth-order valence-corrected chi connectivity index (χ4v) is 1.94. The Labute approximate surface area is 116 Å². The van der Waals surface area contributed by atoms with Crippen molar-refractivity contribution in [3.63, 3.8) is 0 Å². The Hall–Kier alpha value is -1.22. The maximum atomic E-state index is 6.05. The number of nitrogens with two attached hydrogens (primary N) is 1. The highest BCUT2D eigenvalue weighted by Crippen LogP contribution is 2.23. The van der Waals surface area contributed by atoms with E-state index in [9.17, 15) is 0 Å². The van der Waals surface area contributed by atoms with Gasteiger partial charge in [-0.25, -0.2) is 0 Å². The number of halogens is 2. The molecule has 2 rings (SSSR count). The van der Waals surface area contributed by atoms with Crippen molar-refractivity contribution in [1.82, 2.24) is 0 Å². The van der Waals surface area contributed by atoms with Gasteiger partial charge in [0.2, 0.25) is 0 Å². The largest absolute Gasteiger partial charge is 0.398 e. The van der Waals surface area contributed by atoms with Crippen LogP contribution in [0.4, 0.5) is 5.69 Å². The molecule has 2 N–H and O–H groups in total. The molecule has 0 saturated carbocycles. The summed E-state index contributed by atoms with van der Waals surface area (Å²) in [6.07, 6.45) is 0. The summed E-state index contributed by atoms with van der Waals surface area (Å²) in [7, 11) is 0. The predicted molar refractivity (Wildman–Crippen MR) is 75.8 cm³/mol. The summed E-state index contributed by atoms with van der Waals surface area (Å²) in [6, 6.07) is 13.0. The molecule has 0 amide bonds. The summed E-state index contributed by atoms with van der Waals surface area (Å²) in [6.45, 7) is 0.899. The van der Waals surface area contributed by atoms with Gasteiger partial charge in [0.1, 0.15) is 0 Å². The van der Waals surface area contributed by atoms with Crippen molar-refractivity contribution in [3.8, 4) is 0 Å². The molecule has 0 aromatic heterocycles. The van der Waals surface area contributed by atoms with E-state index in [0.717, 1.165) is 11.1 Å². The van der Waals surface area contributed by atoms with Gasteiger partial charge >= 0.3 is 0 Å². The molecule has 2 nitrogen and oxygen atoms in total. The minimum atomic E-state index is 0.397. The van der Waals surface area contributed by atoms with Crippen LogP contribution in [0, 0.1) is 0 Å². The molecular weight excluding hydrogens is 269 g/mol. The average molecular weight is 282 g/mol. The smallest absolute Gasteiger partial charge is 0.0756 e. The molecule has 0 fully saturated rings. The lowest BCUT2D eigenvalue weighted by molar-refractivity contribution is 0.107. The van der Waals surface area contributed by atoms with Gasteiger partial charge in [-0.2, -0.15) is 0 Å². The molecule has 0 aliphatic carbocycles. The predicted octanol–water partition coefficient (Wildman–Crippen LogP) is 4.29. The number of anilines is 1. The van der Waals surface area contributed by atoms with Crippen molar-refractivity contribution < 1.29 is 4.74 Å². The van der Waals surface area contributed by atoms with Gasteiger partial charge in [0, 0.05) is 21.3 Å². The van der Waals surface area contributed by atoms with Gasteiger partial charge in [-0.3, -0.25) is 0 Å². The van der Waals surface area contributed by atoms with Gasteiger partial charge in [0.15, 0.2) is 0 Å². The van der Waals surface area contributed by atoms with Crippen LogP contribution in [0.15, 0.2) is 42.5 Å². The van der Waals surface area contributed by atoms with Crippen LogP contribution in [0.2, 0.25) is 10.0 Å². The topological polar surface area (TPSA) is 35.2 Å². The van der Waals surface area contributed by atoms with Crippen LogP contribution in [0.25, 0.3) is 0 Å². The highest BCUT2D eigenvalue weighted by molar-refractivity contribution is 6.31. The van der Waals surface area contributed by atoms with Crippen LogP contribution < -0.4 is 5.73 Å². The van der Waals surface area contributed by atoms with Gasteiger partial charge in [-0.05, 0) is 29.8 Å². The van der Waals surface area contributed by atoms with E-state index in [1.807, 2.05) is 36.4 Å². The van der Waals surface area contributed by atoms with E-state index in [1.54, 1.807) is 6.07 Å². The number of hydrogen-bond donors (Lipinski definition) is 1. The van der Waals surface area contributed by atoms with E-state index < -0.39 is 0 Å². The van der Waals surface area contributed by atoms with E-state index in [1.165, 1.54) is 0 Å².